The Hall–Kier alpha value is -2.46. The molecular formula is C16H11NO2S. The van der Waals surface area contributed by atoms with Crippen LogP contribution in [-0.4, -0.2) is 11.0 Å². The van der Waals surface area contributed by atoms with E-state index in [1.807, 2.05) is 41.8 Å². The van der Waals surface area contributed by atoms with Gasteiger partial charge in [0.25, 0.3) is 0 Å². The van der Waals surface area contributed by atoms with E-state index < -0.39 is 0 Å². The lowest BCUT2D eigenvalue weighted by atomic mass is 10.1. The number of carbonyl (C=O) groups is 1. The summed E-state index contributed by atoms with van der Waals surface area (Å²) in [4.78, 5) is 16.2. The van der Waals surface area contributed by atoms with E-state index in [2.05, 4.69) is 4.98 Å². The highest BCUT2D eigenvalue weighted by Crippen LogP contribution is 2.24. The van der Waals surface area contributed by atoms with E-state index >= 15 is 0 Å². The SMILES string of the molecule is O=C(Oc1cccc(-c2cscn2)c1)c1ccccc1. The quantitative estimate of drug-likeness (QED) is 0.537. The fraction of sp³-hybridized carbons (Fsp3) is 0. The van der Waals surface area contributed by atoms with Crippen LogP contribution in [-0.2, 0) is 0 Å². The molecule has 0 amide bonds. The molecule has 3 rings (SSSR count). The van der Waals surface area contributed by atoms with E-state index in [9.17, 15) is 4.79 Å². The zero-order valence-electron chi connectivity index (χ0n) is 10.5. The van der Waals surface area contributed by atoms with Crippen molar-refractivity contribution in [2.45, 2.75) is 0 Å². The Morgan fingerprint density at radius 1 is 1.05 bits per heavy atom. The molecule has 3 nitrogen and oxygen atoms in total. The monoisotopic (exact) mass is 281 g/mol. The second kappa shape index (κ2) is 5.67. The fourth-order valence-corrected chi connectivity index (χ4v) is 2.38. The van der Waals surface area contributed by atoms with Gasteiger partial charge in [-0.15, -0.1) is 11.3 Å². The highest BCUT2D eigenvalue weighted by Gasteiger charge is 2.08. The van der Waals surface area contributed by atoms with Crippen molar-refractivity contribution in [3.63, 3.8) is 0 Å². The van der Waals surface area contributed by atoms with Gasteiger partial charge in [0.15, 0.2) is 0 Å². The Labute approximate surface area is 120 Å². The molecule has 0 fully saturated rings. The average Bonchev–Trinajstić information content (AvgIpc) is 3.03. The maximum atomic E-state index is 12.0. The molecule has 1 heterocycles. The molecule has 0 aliphatic carbocycles. The number of hydrogen-bond donors (Lipinski definition) is 0. The van der Waals surface area contributed by atoms with Crippen LogP contribution in [0, 0.1) is 0 Å². The third-order valence-electron chi connectivity index (χ3n) is 2.78. The van der Waals surface area contributed by atoms with Crippen LogP contribution in [0.4, 0.5) is 0 Å². The Balaban J connectivity index is 1.82. The van der Waals surface area contributed by atoms with E-state index in [-0.39, 0.29) is 5.97 Å². The zero-order valence-corrected chi connectivity index (χ0v) is 11.3. The Kier molecular flexibility index (Phi) is 3.56. The minimum atomic E-state index is -0.360. The van der Waals surface area contributed by atoms with Gasteiger partial charge in [0.05, 0.1) is 16.8 Å². The number of esters is 1. The standard InChI is InChI=1S/C16H11NO2S/c18-16(12-5-2-1-3-6-12)19-14-8-4-7-13(9-14)15-10-20-11-17-15/h1-11H. The van der Waals surface area contributed by atoms with E-state index in [1.54, 1.807) is 23.7 Å². The van der Waals surface area contributed by atoms with Crippen LogP contribution in [0.3, 0.4) is 0 Å². The van der Waals surface area contributed by atoms with Gasteiger partial charge in [-0.1, -0.05) is 30.3 Å². The van der Waals surface area contributed by atoms with Gasteiger partial charge in [0.2, 0.25) is 0 Å². The molecule has 0 aliphatic rings. The summed E-state index contributed by atoms with van der Waals surface area (Å²) in [5.74, 6) is 0.158. The number of ether oxygens (including phenoxy) is 1. The molecule has 1 aromatic heterocycles. The van der Waals surface area contributed by atoms with Crippen LogP contribution >= 0.6 is 11.3 Å². The maximum absolute atomic E-state index is 12.0. The number of rotatable bonds is 3. The molecule has 0 aliphatic heterocycles. The second-order valence-corrected chi connectivity index (χ2v) is 4.88. The zero-order chi connectivity index (χ0) is 13.8. The summed E-state index contributed by atoms with van der Waals surface area (Å²) in [7, 11) is 0. The van der Waals surface area contributed by atoms with Crippen molar-refractivity contribution in [2.24, 2.45) is 0 Å². The average molecular weight is 281 g/mol. The van der Waals surface area contributed by atoms with Crippen molar-refractivity contribution in [3.05, 3.63) is 71.1 Å². The number of aromatic nitrogens is 1. The summed E-state index contributed by atoms with van der Waals surface area (Å²) in [6, 6.07) is 16.3. The first-order valence-electron chi connectivity index (χ1n) is 6.09. The van der Waals surface area contributed by atoms with Gasteiger partial charge in [-0.25, -0.2) is 9.78 Å². The van der Waals surface area contributed by atoms with E-state index in [0.29, 0.717) is 11.3 Å². The lowest BCUT2D eigenvalue weighted by Crippen LogP contribution is -2.08. The molecule has 0 N–H and O–H groups in total. The van der Waals surface area contributed by atoms with Crippen molar-refractivity contribution in [1.82, 2.24) is 4.98 Å². The molecule has 20 heavy (non-hydrogen) atoms. The number of benzene rings is 2. The molecule has 0 radical (unpaired) electrons. The van der Waals surface area contributed by atoms with Crippen LogP contribution in [0.2, 0.25) is 0 Å². The van der Waals surface area contributed by atoms with Gasteiger partial charge in [-0.05, 0) is 24.3 Å². The molecule has 2 aromatic carbocycles. The number of hydrogen-bond acceptors (Lipinski definition) is 4. The highest BCUT2D eigenvalue weighted by atomic mass is 32.1. The van der Waals surface area contributed by atoms with Crippen LogP contribution in [0.5, 0.6) is 5.75 Å². The Morgan fingerprint density at radius 3 is 2.65 bits per heavy atom. The van der Waals surface area contributed by atoms with Crippen molar-refractivity contribution in [3.8, 4) is 17.0 Å². The van der Waals surface area contributed by atoms with Crippen molar-refractivity contribution >= 4 is 17.3 Å². The van der Waals surface area contributed by atoms with Gasteiger partial charge in [-0.3, -0.25) is 0 Å². The molecule has 0 spiro atoms. The summed E-state index contributed by atoms with van der Waals surface area (Å²) in [5, 5.41) is 1.96. The third kappa shape index (κ3) is 2.75. The highest BCUT2D eigenvalue weighted by molar-refractivity contribution is 7.07. The molecule has 0 saturated heterocycles. The second-order valence-electron chi connectivity index (χ2n) is 4.16. The van der Waals surface area contributed by atoms with E-state index in [0.717, 1.165) is 11.3 Å². The summed E-state index contributed by atoms with van der Waals surface area (Å²) in [5.41, 5.74) is 4.13. The van der Waals surface area contributed by atoms with Gasteiger partial charge in [0, 0.05) is 10.9 Å². The van der Waals surface area contributed by atoms with Gasteiger partial charge in [-0.2, -0.15) is 0 Å². The molecule has 98 valence electrons. The van der Waals surface area contributed by atoms with E-state index in [4.69, 9.17) is 4.74 Å². The number of thiazole rings is 1. The minimum Gasteiger partial charge on any atom is -0.423 e. The van der Waals surface area contributed by atoms with Crippen molar-refractivity contribution in [1.29, 1.82) is 0 Å². The lowest BCUT2D eigenvalue weighted by Gasteiger charge is -2.05. The van der Waals surface area contributed by atoms with Crippen molar-refractivity contribution < 1.29 is 9.53 Å². The van der Waals surface area contributed by atoms with Crippen LogP contribution in [0.1, 0.15) is 10.4 Å². The predicted octanol–water partition coefficient (Wildman–Crippen LogP) is 4.03. The topological polar surface area (TPSA) is 39.2 Å². The number of nitrogens with zero attached hydrogens (tertiary/aromatic N) is 1. The van der Waals surface area contributed by atoms with Crippen LogP contribution in [0.25, 0.3) is 11.3 Å². The molecule has 0 atom stereocenters. The minimum absolute atomic E-state index is 0.360. The summed E-state index contributed by atoms with van der Waals surface area (Å²) < 4.78 is 5.38. The molecule has 0 unspecified atom stereocenters. The molecular weight excluding hydrogens is 270 g/mol. The molecule has 0 saturated carbocycles. The predicted molar refractivity (Wildman–Crippen MR) is 79.0 cm³/mol. The maximum Gasteiger partial charge on any atom is 0.343 e. The smallest absolute Gasteiger partial charge is 0.343 e. The van der Waals surface area contributed by atoms with Gasteiger partial charge < -0.3 is 4.74 Å². The fourth-order valence-electron chi connectivity index (χ4n) is 1.81. The molecule has 4 heteroatoms. The molecule has 0 bridgehead atoms. The molecule has 3 aromatic rings. The van der Waals surface area contributed by atoms with Crippen molar-refractivity contribution in [2.75, 3.05) is 0 Å². The Bertz CT molecular complexity index is 708. The Morgan fingerprint density at radius 2 is 1.90 bits per heavy atom. The first-order chi connectivity index (χ1) is 9.83. The lowest BCUT2D eigenvalue weighted by molar-refractivity contribution is 0.0735. The summed E-state index contributed by atoms with van der Waals surface area (Å²) >= 11 is 1.53. The van der Waals surface area contributed by atoms with Gasteiger partial charge in [0.1, 0.15) is 5.75 Å². The van der Waals surface area contributed by atoms with Gasteiger partial charge >= 0.3 is 5.97 Å². The van der Waals surface area contributed by atoms with E-state index in [1.165, 1.54) is 11.3 Å². The summed E-state index contributed by atoms with van der Waals surface area (Å²) in [6.45, 7) is 0. The van der Waals surface area contributed by atoms with Crippen LogP contribution in [0.15, 0.2) is 65.5 Å². The summed E-state index contributed by atoms with van der Waals surface area (Å²) in [6.07, 6.45) is 0. The normalized spacial score (nSPS) is 10.2. The third-order valence-corrected chi connectivity index (χ3v) is 3.37. The van der Waals surface area contributed by atoms with Crippen LogP contribution < -0.4 is 4.74 Å². The first-order valence-corrected chi connectivity index (χ1v) is 7.03. The largest absolute Gasteiger partial charge is 0.423 e. The number of carbonyl (C=O) groups excluding carboxylic acids is 1. The first kappa shape index (κ1) is 12.6.